The zero-order valence-electron chi connectivity index (χ0n) is 20.7. The zero-order chi connectivity index (χ0) is 24.9. The number of fused-ring (bicyclic) bond motifs is 1. The summed E-state index contributed by atoms with van der Waals surface area (Å²) in [5.41, 5.74) is 2.80. The van der Waals surface area contributed by atoms with Crippen LogP contribution in [0.25, 0.3) is 0 Å². The molecule has 2 heterocycles. The quantitative estimate of drug-likeness (QED) is 0.438. The maximum absolute atomic E-state index is 13.6. The molecule has 1 aromatic heterocycles. The highest BCUT2D eigenvalue weighted by molar-refractivity contribution is 7.10. The second-order valence-corrected chi connectivity index (χ2v) is 10.0. The van der Waals surface area contributed by atoms with Crippen molar-refractivity contribution in [2.45, 2.75) is 39.3 Å². The van der Waals surface area contributed by atoms with Gasteiger partial charge in [-0.2, -0.15) is 0 Å². The van der Waals surface area contributed by atoms with Gasteiger partial charge in [0.05, 0.1) is 13.2 Å². The molecule has 2 amide bonds. The third-order valence-corrected chi connectivity index (χ3v) is 7.37. The second kappa shape index (κ2) is 11.0. The minimum Gasteiger partial charge on any atom is -0.493 e. The minimum atomic E-state index is -0.231. The van der Waals surface area contributed by atoms with E-state index in [0.717, 1.165) is 17.5 Å². The summed E-state index contributed by atoms with van der Waals surface area (Å²) in [6.45, 7) is 6.79. The molecule has 3 aromatic rings. The first-order valence-electron chi connectivity index (χ1n) is 11.9. The molecular formula is C28H32N2O4S. The average Bonchev–Trinajstić information content (AvgIpc) is 3.35. The van der Waals surface area contributed by atoms with Crippen molar-refractivity contribution in [2.75, 3.05) is 26.8 Å². The monoisotopic (exact) mass is 492 g/mol. The molecule has 0 radical (unpaired) electrons. The second-order valence-electron chi connectivity index (χ2n) is 9.01. The summed E-state index contributed by atoms with van der Waals surface area (Å²) >= 11 is 1.71. The van der Waals surface area contributed by atoms with E-state index < -0.39 is 0 Å². The van der Waals surface area contributed by atoms with E-state index in [-0.39, 0.29) is 30.4 Å². The number of rotatable bonds is 8. The van der Waals surface area contributed by atoms with Crippen molar-refractivity contribution in [3.8, 4) is 11.5 Å². The standard InChI is InChI=1S/C28H32N2O4S/c1-19(2)30(28(32)21-11-9-20(3)10-12-21)17-27(31)29-15-13-26-22(14-16-35-26)23(29)18-34-25-8-6-5-7-24(25)33-4/h5-12,14,16,19,23H,13,15,17-18H2,1-4H3/t23-/m1/s1. The van der Waals surface area contributed by atoms with Gasteiger partial charge in [0.15, 0.2) is 11.5 Å². The van der Waals surface area contributed by atoms with Crippen molar-refractivity contribution >= 4 is 23.2 Å². The fourth-order valence-corrected chi connectivity index (χ4v) is 5.30. The van der Waals surface area contributed by atoms with E-state index in [1.54, 1.807) is 23.3 Å². The van der Waals surface area contributed by atoms with Crippen LogP contribution in [-0.2, 0) is 11.2 Å². The zero-order valence-corrected chi connectivity index (χ0v) is 21.5. The maximum atomic E-state index is 13.6. The number of benzene rings is 2. The number of methoxy groups -OCH3 is 1. The van der Waals surface area contributed by atoms with E-state index in [9.17, 15) is 9.59 Å². The van der Waals surface area contributed by atoms with E-state index in [0.29, 0.717) is 30.2 Å². The first-order chi connectivity index (χ1) is 16.9. The van der Waals surface area contributed by atoms with Gasteiger partial charge < -0.3 is 19.3 Å². The van der Waals surface area contributed by atoms with Gasteiger partial charge in [0.1, 0.15) is 13.2 Å². The molecule has 0 fully saturated rings. The molecule has 184 valence electrons. The van der Waals surface area contributed by atoms with E-state index in [1.165, 1.54) is 4.88 Å². The molecule has 2 aromatic carbocycles. The Balaban J connectivity index is 1.54. The van der Waals surface area contributed by atoms with Crippen LogP contribution >= 0.6 is 11.3 Å². The molecular weight excluding hydrogens is 460 g/mol. The average molecular weight is 493 g/mol. The molecule has 1 aliphatic rings. The van der Waals surface area contributed by atoms with Crippen molar-refractivity contribution in [1.29, 1.82) is 0 Å². The third-order valence-electron chi connectivity index (χ3n) is 6.37. The summed E-state index contributed by atoms with van der Waals surface area (Å²) in [6, 6.07) is 16.7. The number of nitrogens with zero attached hydrogens (tertiary/aromatic N) is 2. The number of hydrogen-bond acceptors (Lipinski definition) is 5. The Morgan fingerprint density at radius 3 is 2.49 bits per heavy atom. The minimum absolute atomic E-state index is 0.0228. The van der Waals surface area contributed by atoms with E-state index >= 15 is 0 Å². The molecule has 0 N–H and O–H groups in total. The van der Waals surface area contributed by atoms with Crippen LogP contribution in [0.5, 0.6) is 11.5 Å². The highest BCUT2D eigenvalue weighted by Crippen LogP contribution is 2.35. The normalized spacial score (nSPS) is 15.0. The smallest absolute Gasteiger partial charge is 0.254 e. The summed E-state index contributed by atoms with van der Waals surface area (Å²) < 4.78 is 11.6. The summed E-state index contributed by atoms with van der Waals surface area (Å²) in [7, 11) is 1.61. The molecule has 0 spiro atoms. The molecule has 0 unspecified atom stereocenters. The summed E-state index contributed by atoms with van der Waals surface area (Å²) in [4.78, 5) is 31.7. The summed E-state index contributed by atoms with van der Waals surface area (Å²) in [5, 5.41) is 2.07. The lowest BCUT2D eigenvalue weighted by Crippen LogP contribution is -2.49. The van der Waals surface area contributed by atoms with Crippen molar-refractivity contribution in [3.63, 3.8) is 0 Å². The first kappa shape index (κ1) is 24.8. The Morgan fingerprint density at radius 1 is 1.09 bits per heavy atom. The largest absolute Gasteiger partial charge is 0.493 e. The molecule has 6 nitrogen and oxygen atoms in total. The molecule has 1 aliphatic heterocycles. The highest BCUT2D eigenvalue weighted by Gasteiger charge is 2.34. The number of carbonyl (C=O) groups is 2. The summed E-state index contributed by atoms with van der Waals surface area (Å²) in [5.74, 6) is 1.08. The van der Waals surface area contributed by atoms with Crippen LogP contribution in [0.15, 0.2) is 60.0 Å². The lowest BCUT2D eigenvalue weighted by molar-refractivity contribution is -0.136. The number of para-hydroxylation sites is 2. The molecule has 4 rings (SSSR count). The number of ether oxygens (including phenoxy) is 2. The first-order valence-corrected chi connectivity index (χ1v) is 12.8. The maximum Gasteiger partial charge on any atom is 0.254 e. The van der Waals surface area contributed by atoms with Gasteiger partial charge in [0, 0.05) is 23.0 Å². The van der Waals surface area contributed by atoms with Crippen molar-refractivity contribution < 1.29 is 19.1 Å². The van der Waals surface area contributed by atoms with Crippen LogP contribution < -0.4 is 9.47 Å². The number of carbonyl (C=O) groups excluding carboxylic acids is 2. The van der Waals surface area contributed by atoms with Crippen LogP contribution in [0.2, 0.25) is 0 Å². The highest BCUT2D eigenvalue weighted by atomic mass is 32.1. The predicted molar refractivity (Wildman–Crippen MR) is 138 cm³/mol. The van der Waals surface area contributed by atoms with Crippen LogP contribution in [0.3, 0.4) is 0 Å². The van der Waals surface area contributed by atoms with Gasteiger partial charge in [-0.15, -0.1) is 11.3 Å². The van der Waals surface area contributed by atoms with Gasteiger partial charge in [-0.25, -0.2) is 0 Å². The number of aryl methyl sites for hydroxylation is 1. The van der Waals surface area contributed by atoms with E-state index in [4.69, 9.17) is 9.47 Å². The third kappa shape index (κ3) is 5.51. The molecule has 0 saturated carbocycles. The van der Waals surface area contributed by atoms with E-state index in [1.807, 2.05) is 74.2 Å². The van der Waals surface area contributed by atoms with Gasteiger partial charge in [-0.3, -0.25) is 9.59 Å². The van der Waals surface area contributed by atoms with Gasteiger partial charge in [-0.1, -0.05) is 29.8 Å². The summed E-state index contributed by atoms with van der Waals surface area (Å²) in [6.07, 6.45) is 0.803. The molecule has 0 aliphatic carbocycles. The molecule has 0 saturated heterocycles. The molecule has 1 atom stereocenters. The van der Waals surface area contributed by atoms with Crippen molar-refractivity contribution in [3.05, 3.63) is 81.5 Å². The van der Waals surface area contributed by atoms with Crippen molar-refractivity contribution in [1.82, 2.24) is 9.80 Å². The molecule has 0 bridgehead atoms. The van der Waals surface area contributed by atoms with Gasteiger partial charge >= 0.3 is 0 Å². The van der Waals surface area contributed by atoms with Crippen LogP contribution in [0, 0.1) is 6.92 Å². The van der Waals surface area contributed by atoms with Gasteiger partial charge in [-0.05, 0) is 68.5 Å². The Bertz CT molecular complexity index is 1170. The predicted octanol–water partition coefficient (Wildman–Crippen LogP) is 5.12. The molecule has 7 heteroatoms. The van der Waals surface area contributed by atoms with Crippen molar-refractivity contribution in [2.24, 2.45) is 0 Å². The van der Waals surface area contributed by atoms with Gasteiger partial charge in [0.25, 0.3) is 5.91 Å². The Kier molecular flexibility index (Phi) is 7.76. The Hall–Kier alpha value is -3.32. The Morgan fingerprint density at radius 2 is 1.80 bits per heavy atom. The lowest BCUT2D eigenvalue weighted by Gasteiger charge is -2.37. The topological polar surface area (TPSA) is 59.1 Å². The van der Waals surface area contributed by atoms with Crippen LogP contribution in [0.1, 0.15) is 46.3 Å². The number of amides is 2. The molecule has 35 heavy (non-hydrogen) atoms. The van der Waals surface area contributed by atoms with Crippen LogP contribution in [0.4, 0.5) is 0 Å². The number of hydrogen-bond donors (Lipinski definition) is 0. The van der Waals surface area contributed by atoms with E-state index in [2.05, 4.69) is 11.4 Å². The van der Waals surface area contributed by atoms with Gasteiger partial charge in [0.2, 0.25) is 5.91 Å². The fourth-order valence-electron chi connectivity index (χ4n) is 4.37. The SMILES string of the molecule is COc1ccccc1OC[C@@H]1c2ccsc2CCN1C(=O)CN(C(=O)c1ccc(C)cc1)C(C)C. The Labute approximate surface area is 211 Å². The lowest BCUT2D eigenvalue weighted by atomic mass is 10.00. The fraction of sp³-hybridized carbons (Fsp3) is 0.357. The van der Waals surface area contributed by atoms with Crippen LogP contribution in [-0.4, -0.2) is 54.5 Å². The number of thiophene rings is 1.